The third-order valence-corrected chi connectivity index (χ3v) is 3.02. The molecule has 18 heavy (non-hydrogen) atoms. The molecule has 2 rings (SSSR count). The second kappa shape index (κ2) is 5.39. The van der Waals surface area contributed by atoms with E-state index in [9.17, 15) is 0 Å². The Kier molecular flexibility index (Phi) is 3.86. The monoisotopic (exact) mass is 283 g/mol. The summed E-state index contributed by atoms with van der Waals surface area (Å²) in [5.41, 5.74) is 3.14. The van der Waals surface area contributed by atoms with Gasteiger partial charge >= 0.3 is 0 Å². The second-order valence-corrected chi connectivity index (χ2v) is 4.34. The van der Waals surface area contributed by atoms with Crippen LogP contribution >= 0.6 is 23.2 Å². The SMILES string of the molecule is Cc1nc(NN)cc(Nc2cccc(Cl)c2Cl)n1. The van der Waals surface area contributed by atoms with Gasteiger partial charge in [-0.3, -0.25) is 0 Å². The molecule has 0 unspecified atom stereocenters. The van der Waals surface area contributed by atoms with E-state index in [1.165, 1.54) is 0 Å². The third-order valence-electron chi connectivity index (χ3n) is 2.20. The first kappa shape index (κ1) is 12.9. The number of benzene rings is 1. The predicted molar refractivity (Wildman–Crippen MR) is 74.3 cm³/mol. The fraction of sp³-hybridized carbons (Fsp3) is 0.0909. The van der Waals surface area contributed by atoms with E-state index in [0.717, 1.165) is 0 Å². The molecular formula is C11H11Cl2N5. The average Bonchev–Trinajstić information content (AvgIpc) is 2.34. The Balaban J connectivity index is 2.34. The summed E-state index contributed by atoms with van der Waals surface area (Å²) < 4.78 is 0. The molecule has 0 atom stereocenters. The quantitative estimate of drug-likeness (QED) is 0.596. The highest BCUT2D eigenvalue weighted by Crippen LogP contribution is 2.31. The number of hydrogen-bond donors (Lipinski definition) is 3. The molecule has 2 aromatic rings. The van der Waals surface area contributed by atoms with E-state index in [1.807, 2.05) is 0 Å². The lowest BCUT2D eigenvalue weighted by Gasteiger charge is -2.10. The Morgan fingerprint density at radius 2 is 1.89 bits per heavy atom. The highest BCUT2D eigenvalue weighted by atomic mass is 35.5. The van der Waals surface area contributed by atoms with E-state index >= 15 is 0 Å². The summed E-state index contributed by atoms with van der Waals surface area (Å²) in [5, 5.41) is 3.98. The minimum Gasteiger partial charge on any atom is -0.339 e. The van der Waals surface area contributed by atoms with E-state index < -0.39 is 0 Å². The standard InChI is InChI=1S/C11H11Cl2N5/c1-6-15-9(5-10(16-6)18-14)17-8-4-2-3-7(12)11(8)13/h2-5H,14H2,1H3,(H2,15,16,17,18). The van der Waals surface area contributed by atoms with Crippen LogP contribution in [-0.2, 0) is 0 Å². The maximum atomic E-state index is 6.08. The molecular weight excluding hydrogens is 273 g/mol. The van der Waals surface area contributed by atoms with Crippen LogP contribution in [0.25, 0.3) is 0 Å². The van der Waals surface area contributed by atoms with Crippen molar-refractivity contribution in [3.8, 4) is 0 Å². The summed E-state index contributed by atoms with van der Waals surface area (Å²) in [4.78, 5) is 8.32. The van der Waals surface area contributed by atoms with Gasteiger partial charge in [-0.2, -0.15) is 0 Å². The van der Waals surface area contributed by atoms with Gasteiger partial charge in [0.2, 0.25) is 0 Å². The average molecular weight is 284 g/mol. The molecule has 94 valence electrons. The smallest absolute Gasteiger partial charge is 0.145 e. The van der Waals surface area contributed by atoms with Crippen LogP contribution in [0.15, 0.2) is 24.3 Å². The Hall–Kier alpha value is -1.56. The number of nitrogens with zero attached hydrogens (tertiary/aromatic N) is 2. The zero-order valence-corrected chi connectivity index (χ0v) is 11.0. The molecule has 0 fully saturated rings. The highest BCUT2D eigenvalue weighted by Gasteiger charge is 2.06. The van der Waals surface area contributed by atoms with Gasteiger partial charge in [0, 0.05) is 6.07 Å². The van der Waals surface area contributed by atoms with Crippen LogP contribution in [0.2, 0.25) is 10.0 Å². The Bertz CT molecular complexity index is 573. The van der Waals surface area contributed by atoms with E-state index in [2.05, 4.69) is 20.7 Å². The number of aromatic nitrogens is 2. The molecule has 0 aliphatic heterocycles. The van der Waals surface area contributed by atoms with Crippen LogP contribution in [0.1, 0.15) is 5.82 Å². The summed E-state index contributed by atoms with van der Waals surface area (Å²) in [7, 11) is 0. The van der Waals surface area contributed by atoms with Gasteiger partial charge in [0.1, 0.15) is 17.5 Å². The van der Waals surface area contributed by atoms with Crippen molar-refractivity contribution < 1.29 is 0 Å². The van der Waals surface area contributed by atoms with E-state index in [-0.39, 0.29) is 0 Å². The molecule has 7 heteroatoms. The number of aryl methyl sites for hydroxylation is 1. The van der Waals surface area contributed by atoms with Crippen molar-refractivity contribution in [3.05, 3.63) is 40.1 Å². The highest BCUT2D eigenvalue weighted by molar-refractivity contribution is 6.43. The first-order chi connectivity index (χ1) is 8.60. The predicted octanol–water partition coefficient (Wildman–Crippen LogP) is 3.12. The Labute approximate surface area is 114 Å². The number of nitrogens with two attached hydrogens (primary N) is 1. The number of hydrazine groups is 1. The summed E-state index contributed by atoms with van der Waals surface area (Å²) in [6, 6.07) is 6.99. The Morgan fingerprint density at radius 1 is 1.17 bits per heavy atom. The van der Waals surface area contributed by atoms with Crippen molar-refractivity contribution in [3.63, 3.8) is 0 Å². The molecule has 0 saturated heterocycles. The summed E-state index contributed by atoms with van der Waals surface area (Å²) in [6.45, 7) is 1.77. The molecule has 0 radical (unpaired) electrons. The lowest BCUT2D eigenvalue weighted by atomic mass is 10.3. The maximum absolute atomic E-state index is 6.08. The molecule has 0 saturated carbocycles. The number of hydrogen-bond acceptors (Lipinski definition) is 5. The third kappa shape index (κ3) is 2.81. The fourth-order valence-electron chi connectivity index (χ4n) is 1.44. The zero-order chi connectivity index (χ0) is 13.1. The summed E-state index contributed by atoms with van der Waals surface area (Å²) >= 11 is 12.0. The van der Waals surface area contributed by atoms with Gasteiger partial charge in [-0.25, -0.2) is 15.8 Å². The molecule has 0 bridgehead atoms. The number of nitrogen functional groups attached to an aromatic ring is 1. The first-order valence-corrected chi connectivity index (χ1v) is 5.89. The van der Waals surface area contributed by atoms with Crippen LogP contribution in [0.5, 0.6) is 0 Å². The van der Waals surface area contributed by atoms with E-state index in [1.54, 1.807) is 31.2 Å². The van der Waals surface area contributed by atoms with Gasteiger partial charge in [0.25, 0.3) is 0 Å². The second-order valence-electron chi connectivity index (χ2n) is 3.56. The minimum absolute atomic E-state index is 0.442. The molecule has 1 aromatic carbocycles. The normalized spacial score (nSPS) is 10.2. The number of rotatable bonds is 3. The summed E-state index contributed by atoms with van der Waals surface area (Å²) in [6.07, 6.45) is 0. The van der Waals surface area contributed by atoms with Crippen molar-refractivity contribution in [1.82, 2.24) is 9.97 Å². The van der Waals surface area contributed by atoms with Crippen molar-refractivity contribution >= 4 is 40.5 Å². The largest absolute Gasteiger partial charge is 0.339 e. The van der Waals surface area contributed by atoms with Crippen LogP contribution in [0, 0.1) is 6.92 Å². The topological polar surface area (TPSA) is 75.9 Å². The molecule has 0 amide bonds. The molecule has 1 aromatic heterocycles. The summed E-state index contributed by atoms with van der Waals surface area (Å²) in [5.74, 6) is 7.01. The molecule has 4 N–H and O–H groups in total. The fourth-order valence-corrected chi connectivity index (χ4v) is 1.79. The van der Waals surface area contributed by atoms with Crippen molar-refractivity contribution in [1.29, 1.82) is 0 Å². The molecule has 5 nitrogen and oxygen atoms in total. The zero-order valence-electron chi connectivity index (χ0n) is 9.54. The van der Waals surface area contributed by atoms with Crippen molar-refractivity contribution in [2.45, 2.75) is 6.92 Å². The minimum atomic E-state index is 0.442. The van der Waals surface area contributed by atoms with Crippen LogP contribution in [-0.4, -0.2) is 9.97 Å². The molecule has 1 heterocycles. The molecule has 0 spiro atoms. The van der Waals surface area contributed by atoms with Gasteiger partial charge < -0.3 is 10.7 Å². The van der Waals surface area contributed by atoms with Gasteiger partial charge in [-0.05, 0) is 19.1 Å². The molecule has 0 aliphatic rings. The van der Waals surface area contributed by atoms with Gasteiger partial charge in [0.05, 0.1) is 15.7 Å². The van der Waals surface area contributed by atoms with Crippen LogP contribution in [0.3, 0.4) is 0 Å². The number of nitrogens with one attached hydrogen (secondary N) is 2. The van der Waals surface area contributed by atoms with Gasteiger partial charge in [0.15, 0.2) is 0 Å². The number of halogens is 2. The lowest BCUT2D eigenvalue weighted by molar-refractivity contribution is 1.05. The van der Waals surface area contributed by atoms with Gasteiger partial charge in [-0.15, -0.1) is 0 Å². The van der Waals surface area contributed by atoms with Crippen molar-refractivity contribution in [2.75, 3.05) is 10.7 Å². The molecule has 0 aliphatic carbocycles. The van der Waals surface area contributed by atoms with E-state index in [4.69, 9.17) is 29.0 Å². The van der Waals surface area contributed by atoms with Crippen molar-refractivity contribution in [2.24, 2.45) is 5.84 Å². The van der Waals surface area contributed by atoms with Crippen LogP contribution < -0.4 is 16.6 Å². The van der Waals surface area contributed by atoms with Crippen LogP contribution in [0.4, 0.5) is 17.3 Å². The lowest BCUT2D eigenvalue weighted by Crippen LogP contribution is -2.10. The van der Waals surface area contributed by atoms with E-state index in [0.29, 0.717) is 33.2 Å². The maximum Gasteiger partial charge on any atom is 0.145 e. The Morgan fingerprint density at radius 3 is 2.61 bits per heavy atom. The van der Waals surface area contributed by atoms with Gasteiger partial charge in [-0.1, -0.05) is 29.3 Å². The first-order valence-electron chi connectivity index (χ1n) is 5.13. The number of anilines is 3.